The smallest absolute Gasteiger partial charge is 0.0846 e. The van der Waals surface area contributed by atoms with Gasteiger partial charge in [0.15, 0.2) is 0 Å². The van der Waals surface area contributed by atoms with Crippen molar-refractivity contribution in [2.45, 2.75) is 18.3 Å². The van der Waals surface area contributed by atoms with Crippen molar-refractivity contribution < 1.29 is 0 Å². The molecule has 1 aliphatic rings. The highest BCUT2D eigenvalue weighted by molar-refractivity contribution is 5.47. The lowest BCUT2D eigenvalue weighted by atomic mass is 9.74. The summed E-state index contributed by atoms with van der Waals surface area (Å²) in [5, 5.41) is 12.6. The number of rotatable bonds is 2. The van der Waals surface area contributed by atoms with Crippen LogP contribution in [0.4, 0.5) is 5.69 Å². The molecule has 1 saturated heterocycles. The van der Waals surface area contributed by atoms with E-state index in [1.165, 1.54) is 0 Å². The molecule has 2 rings (SSSR count). The van der Waals surface area contributed by atoms with Gasteiger partial charge in [0.05, 0.1) is 11.5 Å². The molecule has 90 valence electrons. The third kappa shape index (κ3) is 2.27. The summed E-state index contributed by atoms with van der Waals surface area (Å²) in [4.78, 5) is 2.29. The normalized spacial score (nSPS) is 19.6. The maximum atomic E-state index is 9.52. The average molecular weight is 229 g/mol. The Hall–Kier alpha value is -1.53. The molecule has 3 heteroatoms. The Morgan fingerprint density at radius 2 is 1.82 bits per heavy atom. The molecule has 0 unspecified atom stereocenters. The van der Waals surface area contributed by atoms with E-state index in [0.717, 1.165) is 37.2 Å². The van der Waals surface area contributed by atoms with Crippen LogP contribution in [0.2, 0.25) is 0 Å². The summed E-state index contributed by atoms with van der Waals surface area (Å²) in [6.07, 6.45) is 1.86. The van der Waals surface area contributed by atoms with E-state index in [1.54, 1.807) is 0 Å². The van der Waals surface area contributed by atoms with Gasteiger partial charge in [0.1, 0.15) is 0 Å². The number of hydrogen-bond acceptors (Lipinski definition) is 3. The quantitative estimate of drug-likeness (QED) is 0.845. The molecule has 1 fully saturated rings. The zero-order valence-electron chi connectivity index (χ0n) is 10.5. The summed E-state index contributed by atoms with van der Waals surface area (Å²) >= 11 is 0. The van der Waals surface area contributed by atoms with E-state index in [4.69, 9.17) is 0 Å². The van der Waals surface area contributed by atoms with Crippen molar-refractivity contribution in [2.75, 3.05) is 32.5 Å². The first-order valence-electron chi connectivity index (χ1n) is 6.08. The van der Waals surface area contributed by atoms with E-state index < -0.39 is 0 Å². The second kappa shape index (κ2) is 4.77. The molecule has 0 amide bonds. The standard InChI is InChI=1S/C14H19N3/c1-16-13-5-3-12(4-6-13)14(11-15)7-9-17(2)10-8-14/h3-6,16H,7-10H2,1-2H3. The van der Waals surface area contributed by atoms with Crippen LogP contribution in [-0.2, 0) is 5.41 Å². The Kier molecular flexibility index (Phi) is 3.35. The van der Waals surface area contributed by atoms with Gasteiger partial charge in [-0.3, -0.25) is 0 Å². The maximum Gasteiger partial charge on any atom is 0.0846 e. The third-order valence-corrected chi connectivity index (χ3v) is 3.78. The van der Waals surface area contributed by atoms with Crippen LogP contribution in [0, 0.1) is 11.3 Å². The molecule has 1 N–H and O–H groups in total. The number of anilines is 1. The van der Waals surface area contributed by atoms with Gasteiger partial charge in [-0.25, -0.2) is 0 Å². The minimum atomic E-state index is -0.279. The average Bonchev–Trinajstić information content (AvgIpc) is 2.40. The zero-order valence-corrected chi connectivity index (χ0v) is 10.5. The van der Waals surface area contributed by atoms with Crippen LogP contribution in [0.1, 0.15) is 18.4 Å². The topological polar surface area (TPSA) is 39.1 Å². The van der Waals surface area contributed by atoms with E-state index in [1.807, 2.05) is 19.2 Å². The van der Waals surface area contributed by atoms with Gasteiger partial charge in [0.2, 0.25) is 0 Å². The van der Waals surface area contributed by atoms with Gasteiger partial charge < -0.3 is 10.2 Å². The molecule has 1 aromatic carbocycles. The number of nitriles is 1. The fourth-order valence-electron chi connectivity index (χ4n) is 2.42. The summed E-state index contributed by atoms with van der Waals surface area (Å²) in [5.41, 5.74) is 1.97. The molecular formula is C14H19N3. The van der Waals surface area contributed by atoms with Crippen molar-refractivity contribution in [3.05, 3.63) is 29.8 Å². The first-order chi connectivity index (χ1) is 8.20. The van der Waals surface area contributed by atoms with Crippen LogP contribution in [0.3, 0.4) is 0 Å². The van der Waals surface area contributed by atoms with Crippen molar-refractivity contribution in [3.8, 4) is 6.07 Å². The summed E-state index contributed by atoms with van der Waals surface area (Å²) < 4.78 is 0. The van der Waals surface area contributed by atoms with Crippen molar-refractivity contribution in [1.82, 2.24) is 4.90 Å². The molecule has 0 aromatic heterocycles. The molecule has 0 atom stereocenters. The Balaban J connectivity index is 2.26. The summed E-state index contributed by atoms with van der Waals surface area (Å²) in [5.74, 6) is 0. The molecule has 0 aliphatic carbocycles. The van der Waals surface area contributed by atoms with Crippen molar-refractivity contribution in [3.63, 3.8) is 0 Å². The number of likely N-dealkylation sites (tertiary alicyclic amines) is 1. The minimum absolute atomic E-state index is 0.279. The zero-order chi connectivity index (χ0) is 12.3. The molecule has 1 heterocycles. The largest absolute Gasteiger partial charge is 0.388 e. The van der Waals surface area contributed by atoms with Gasteiger partial charge in [0.25, 0.3) is 0 Å². The first kappa shape index (κ1) is 11.9. The van der Waals surface area contributed by atoms with Gasteiger partial charge in [-0.2, -0.15) is 5.26 Å². The molecule has 0 spiro atoms. The molecule has 17 heavy (non-hydrogen) atoms. The van der Waals surface area contributed by atoms with Gasteiger partial charge in [-0.1, -0.05) is 12.1 Å². The number of nitrogens with zero attached hydrogens (tertiary/aromatic N) is 2. The first-order valence-corrected chi connectivity index (χ1v) is 6.08. The van der Waals surface area contributed by atoms with E-state index >= 15 is 0 Å². The maximum absolute atomic E-state index is 9.52. The Bertz CT molecular complexity index is 408. The number of nitrogens with one attached hydrogen (secondary N) is 1. The fraction of sp³-hybridized carbons (Fsp3) is 0.500. The summed E-state index contributed by atoms with van der Waals surface area (Å²) in [6.45, 7) is 2.00. The fourth-order valence-corrected chi connectivity index (χ4v) is 2.42. The molecule has 0 radical (unpaired) electrons. The highest BCUT2D eigenvalue weighted by atomic mass is 15.1. The Morgan fingerprint density at radius 1 is 1.24 bits per heavy atom. The summed E-state index contributed by atoms with van der Waals surface area (Å²) in [6, 6.07) is 10.8. The lowest BCUT2D eigenvalue weighted by Crippen LogP contribution is -2.39. The lowest BCUT2D eigenvalue weighted by molar-refractivity contribution is 0.222. The van der Waals surface area contributed by atoms with Crippen molar-refractivity contribution >= 4 is 5.69 Å². The number of benzene rings is 1. The predicted molar refractivity (Wildman–Crippen MR) is 70.0 cm³/mol. The van der Waals surface area contributed by atoms with Crippen LogP contribution >= 0.6 is 0 Å². The molecular weight excluding hydrogens is 210 g/mol. The predicted octanol–water partition coefficient (Wildman–Crippen LogP) is 2.22. The number of piperidine rings is 1. The Morgan fingerprint density at radius 3 is 2.29 bits per heavy atom. The van der Waals surface area contributed by atoms with Gasteiger partial charge in [0, 0.05) is 12.7 Å². The second-order valence-corrected chi connectivity index (χ2v) is 4.82. The lowest BCUT2D eigenvalue weighted by Gasteiger charge is -2.35. The molecule has 0 bridgehead atoms. The van der Waals surface area contributed by atoms with Crippen LogP contribution < -0.4 is 5.32 Å². The van der Waals surface area contributed by atoms with Gasteiger partial charge in [-0.15, -0.1) is 0 Å². The van der Waals surface area contributed by atoms with Crippen LogP contribution in [0.25, 0.3) is 0 Å². The summed E-state index contributed by atoms with van der Waals surface area (Å²) in [7, 11) is 4.02. The van der Waals surface area contributed by atoms with Crippen LogP contribution in [0.15, 0.2) is 24.3 Å². The van der Waals surface area contributed by atoms with E-state index in [-0.39, 0.29) is 5.41 Å². The van der Waals surface area contributed by atoms with Gasteiger partial charge >= 0.3 is 0 Å². The molecule has 1 aliphatic heterocycles. The van der Waals surface area contributed by atoms with Crippen LogP contribution in [-0.4, -0.2) is 32.1 Å². The molecule has 0 saturated carbocycles. The Labute approximate surface area is 103 Å². The molecule has 3 nitrogen and oxygen atoms in total. The second-order valence-electron chi connectivity index (χ2n) is 4.82. The minimum Gasteiger partial charge on any atom is -0.388 e. The van der Waals surface area contributed by atoms with E-state index in [0.29, 0.717) is 0 Å². The third-order valence-electron chi connectivity index (χ3n) is 3.78. The van der Waals surface area contributed by atoms with Crippen molar-refractivity contribution in [2.24, 2.45) is 0 Å². The van der Waals surface area contributed by atoms with Crippen LogP contribution in [0.5, 0.6) is 0 Å². The SMILES string of the molecule is CNc1ccc(C2(C#N)CCN(C)CC2)cc1. The molecule has 1 aromatic rings. The van der Waals surface area contributed by atoms with E-state index in [9.17, 15) is 5.26 Å². The van der Waals surface area contributed by atoms with E-state index in [2.05, 4.69) is 35.5 Å². The van der Waals surface area contributed by atoms with Crippen molar-refractivity contribution in [1.29, 1.82) is 5.26 Å². The van der Waals surface area contributed by atoms with Gasteiger partial charge in [-0.05, 0) is 50.7 Å². The number of hydrogen-bond donors (Lipinski definition) is 1. The highest BCUT2D eigenvalue weighted by Crippen LogP contribution is 2.34. The monoisotopic (exact) mass is 229 g/mol. The highest BCUT2D eigenvalue weighted by Gasteiger charge is 2.35.